The van der Waals surface area contributed by atoms with Crippen molar-refractivity contribution < 1.29 is 14.1 Å². The first kappa shape index (κ1) is 15.1. The molecule has 1 N–H and O–H groups in total. The molecule has 23 heavy (non-hydrogen) atoms. The van der Waals surface area contributed by atoms with Gasteiger partial charge in [0.15, 0.2) is 5.69 Å². The highest BCUT2D eigenvalue weighted by molar-refractivity contribution is 5.92. The van der Waals surface area contributed by atoms with Gasteiger partial charge in [-0.05, 0) is 38.0 Å². The summed E-state index contributed by atoms with van der Waals surface area (Å²) in [5.74, 6) is 2.00. The first-order valence-corrected chi connectivity index (χ1v) is 8.85. The van der Waals surface area contributed by atoms with E-state index in [9.17, 15) is 4.79 Å². The molecule has 2 aliphatic heterocycles. The second-order valence-electron chi connectivity index (χ2n) is 7.16. The van der Waals surface area contributed by atoms with E-state index in [0.717, 1.165) is 76.6 Å². The molecule has 1 aromatic heterocycles. The fourth-order valence-corrected chi connectivity index (χ4v) is 3.63. The van der Waals surface area contributed by atoms with Crippen LogP contribution in [0, 0.1) is 5.92 Å². The standard InChI is InChI=1S/C17H25N3O3/c21-17(15-9-16(23-19-15)13-1-2-13)18-14-3-6-20(11-14)10-12-4-7-22-8-5-12/h9,12-14H,1-8,10-11H2,(H,18,21). The van der Waals surface area contributed by atoms with Crippen LogP contribution in [0.4, 0.5) is 0 Å². The van der Waals surface area contributed by atoms with E-state index in [4.69, 9.17) is 9.26 Å². The van der Waals surface area contributed by atoms with E-state index in [1.165, 1.54) is 0 Å². The minimum absolute atomic E-state index is 0.0985. The normalized spacial score (nSPS) is 26.5. The molecular formula is C17H25N3O3. The van der Waals surface area contributed by atoms with Gasteiger partial charge in [-0.1, -0.05) is 5.16 Å². The lowest BCUT2D eigenvalue weighted by Crippen LogP contribution is -2.38. The van der Waals surface area contributed by atoms with Crippen molar-refractivity contribution in [1.82, 2.24) is 15.4 Å². The number of likely N-dealkylation sites (tertiary alicyclic amines) is 1. The third-order valence-corrected chi connectivity index (χ3v) is 5.21. The number of amides is 1. The smallest absolute Gasteiger partial charge is 0.273 e. The van der Waals surface area contributed by atoms with Crippen molar-refractivity contribution in [2.75, 3.05) is 32.8 Å². The zero-order valence-corrected chi connectivity index (χ0v) is 13.5. The molecule has 4 rings (SSSR count). The third-order valence-electron chi connectivity index (χ3n) is 5.21. The molecule has 3 aliphatic rings. The van der Waals surface area contributed by atoms with Gasteiger partial charge in [-0.2, -0.15) is 0 Å². The molecule has 126 valence electrons. The maximum atomic E-state index is 12.3. The van der Waals surface area contributed by atoms with Gasteiger partial charge in [-0.25, -0.2) is 0 Å². The molecule has 3 fully saturated rings. The zero-order chi connectivity index (χ0) is 15.6. The molecule has 1 aliphatic carbocycles. The quantitative estimate of drug-likeness (QED) is 0.896. The summed E-state index contributed by atoms with van der Waals surface area (Å²) < 4.78 is 10.7. The fourth-order valence-electron chi connectivity index (χ4n) is 3.63. The van der Waals surface area contributed by atoms with Crippen LogP contribution >= 0.6 is 0 Å². The van der Waals surface area contributed by atoms with E-state index in [0.29, 0.717) is 11.6 Å². The lowest BCUT2D eigenvalue weighted by atomic mass is 10.00. The molecule has 1 atom stereocenters. The van der Waals surface area contributed by atoms with Gasteiger partial charge in [0.1, 0.15) is 5.76 Å². The molecule has 1 unspecified atom stereocenters. The number of carbonyl (C=O) groups is 1. The second kappa shape index (κ2) is 6.61. The molecule has 6 nitrogen and oxygen atoms in total. The predicted molar refractivity (Wildman–Crippen MR) is 84.3 cm³/mol. The van der Waals surface area contributed by atoms with Gasteiger partial charge in [-0.15, -0.1) is 0 Å². The maximum Gasteiger partial charge on any atom is 0.273 e. The van der Waals surface area contributed by atoms with Crippen LogP contribution in [0.25, 0.3) is 0 Å². The van der Waals surface area contributed by atoms with Crippen molar-refractivity contribution in [1.29, 1.82) is 0 Å². The van der Waals surface area contributed by atoms with E-state index in [1.807, 2.05) is 6.07 Å². The van der Waals surface area contributed by atoms with Crippen LogP contribution in [0.3, 0.4) is 0 Å². The van der Waals surface area contributed by atoms with Gasteiger partial charge in [0, 0.05) is 50.9 Å². The number of carbonyl (C=O) groups excluding carboxylic acids is 1. The van der Waals surface area contributed by atoms with Crippen molar-refractivity contribution in [2.45, 2.75) is 44.1 Å². The van der Waals surface area contributed by atoms with Gasteiger partial charge < -0.3 is 19.5 Å². The summed E-state index contributed by atoms with van der Waals surface area (Å²) in [5, 5.41) is 7.02. The summed E-state index contributed by atoms with van der Waals surface area (Å²) in [7, 11) is 0. The molecule has 1 saturated carbocycles. The van der Waals surface area contributed by atoms with Crippen LogP contribution in [0.15, 0.2) is 10.6 Å². The van der Waals surface area contributed by atoms with E-state index >= 15 is 0 Å². The first-order valence-electron chi connectivity index (χ1n) is 8.85. The van der Waals surface area contributed by atoms with Crippen molar-refractivity contribution in [3.8, 4) is 0 Å². The van der Waals surface area contributed by atoms with Gasteiger partial charge in [0.2, 0.25) is 0 Å². The summed E-state index contributed by atoms with van der Waals surface area (Å²) in [6, 6.07) is 2.03. The molecule has 0 bridgehead atoms. The minimum Gasteiger partial charge on any atom is -0.381 e. The monoisotopic (exact) mass is 319 g/mol. The minimum atomic E-state index is -0.0985. The highest BCUT2D eigenvalue weighted by Crippen LogP contribution is 2.40. The Morgan fingerprint density at radius 2 is 2.09 bits per heavy atom. The first-order chi connectivity index (χ1) is 11.3. The number of rotatable bonds is 5. The Morgan fingerprint density at radius 3 is 2.87 bits per heavy atom. The molecule has 1 amide bonds. The largest absolute Gasteiger partial charge is 0.381 e. The maximum absolute atomic E-state index is 12.3. The molecule has 2 saturated heterocycles. The van der Waals surface area contributed by atoms with Gasteiger partial charge in [-0.3, -0.25) is 4.79 Å². The Kier molecular flexibility index (Phi) is 4.35. The summed E-state index contributed by atoms with van der Waals surface area (Å²) in [6.07, 6.45) is 5.65. The number of nitrogens with one attached hydrogen (secondary N) is 1. The van der Waals surface area contributed by atoms with E-state index < -0.39 is 0 Å². The third kappa shape index (κ3) is 3.75. The summed E-state index contributed by atoms with van der Waals surface area (Å²) in [5.41, 5.74) is 0.426. The topological polar surface area (TPSA) is 67.6 Å². The SMILES string of the molecule is O=C(NC1CCN(CC2CCOCC2)C1)c1cc(C2CC2)on1. The zero-order valence-electron chi connectivity index (χ0n) is 13.5. The molecule has 0 aromatic carbocycles. The van der Waals surface area contributed by atoms with Crippen molar-refractivity contribution in [2.24, 2.45) is 5.92 Å². The lowest BCUT2D eigenvalue weighted by molar-refractivity contribution is 0.0552. The summed E-state index contributed by atoms with van der Waals surface area (Å²) in [6.45, 7) is 4.93. The lowest BCUT2D eigenvalue weighted by Gasteiger charge is -2.26. The molecule has 0 radical (unpaired) electrons. The van der Waals surface area contributed by atoms with Gasteiger partial charge >= 0.3 is 0 Å². The molecular weight excluding hydrogens is 294 g/mol. The second-order valence-corrected chi connectivity index (χ2v) is 7.16. The summed E-state index contributed by atoms with van der Waals surface area (Å²) in [4.78, 5) is 14.8. The Labute approximate surface area is 136 Å². The van der Waals surface area contributed by atoms with E-state index in [2.05, 4.69) is 15.4 Å². The fraction of sp³-hybridized carbons (Fsp3) is 0.765. The van der Waals surface area contributed by atoms with Gasteiger partial charge in [0.25, 0.3) is 5.91 Å². The van der Waals surface area contributed by atoms with Crippen LogP contribution < -0.4 is 5.32 Å². The van der Waals surface area contributed by atoms with Crippen molar-refractivity contribution in [3.05, 3.63) is 17.5 Å². The predicted octanol–water partition coefficient (Wildman–Crippen LogP) is 1.78. The van der Waals surface area contributed by atoms with Crippen LogP contribution in [0.2, 0.25) is 0 Å². The van der Waals surface area contributed by atoms with Crippen molar-refractivity contribution >= 4 is 5.91 Å². The van der Waals surface area contributed by atoms with E-state index in [-0.39, 0.29) is 11.9 Å². The number of nitrogens with zero attached hydrogens (tertiary/aromatic N) is 2. The van der Waals surface area contributed by atoms with Crippen LogP contribution in [-0.4, -0.2) is 54.9 Å². The number of aromatic nitrogens is 1. The Balaban J connectivity index is 1.25. The Hall–Kier alpha value is -1.40. The molecule has 0 spiro atoms. The van der Waals surface area contributed by atoms with Crippen LogP contribution in [0.1, 0.15) is 54.3 Å². The highest BCUT2D eigenvalue weighted by Gasteiger charge is 2.30. The molecule has 3 heterocycles. The number of ether oxygens (including phenoxy) is 1. The van der Waals surface area contributed by atoms with E-state index in [1.54, 1.807) is 0 Å². The van der Waals surface area contributed by atoms with Gasteiger partial charge in [0.05, 0.1) is 0 Å². The molecule has 6 heteroatoms. The molecule has 1 aromatic rings. The summed E-state index contributed by atoms with van der Waals surface area (Å²) >= 11 is 0. The highest BCUT2D eigenvalue weighted by atomic mass is 16.5. The van der Waals surface area contributed by atoms with Crippen molar-refractivity contribution in [3.63, 3.8) is 0 Å². The van der Waals surface area contributed by atoms with Crippen LogP contribution in [0.5, 0.6) is 0 Å². The van der Waals surface area contributed by atoms with Crippen LogP contribution in [-0.2, 0) is 4.74 Å². The Bertz CT molecular complexity index is 549. The average molecular weight is 319 g/mol. The number of hydrogen-bond acceptors (Lipinski definition) is 5. The Morgan fingerprint density at radius 1 is 1.26 bits per heavy atom. The number of hydrogen-bond donors (Lipinski definition) is 1. The average Bonchev–Trinajstić information content (AvgIpc) is 3.13.